The number of morpholine rings is 1. The number of carbonyl (C=O) groups excluding carboxylic acids is 1. The van der Waals surface area contributed by atoms with E-state index in [1.165, 1.54) is 0 Å². The predicted molar refractivity (Wildman–Crippen MR) is 136 cm³/mol. The molecule has 1 amide bonds. The molecule has 10 heteroatoms. The molecule has 3 aromatic heterocycles. The van der Waals surface area contributed by atoms with Crippen LogP contribution in [0.25, 0.3) is 16.9 Å². The number of aromatic nitrogens is 5. The van der Waals surface area contributed by atoms with E-state index >= 15 is 0 Å². The summed E-state index contributed by atoms with van der Waals surface area (Å²) < 4.78 is 12.5. The molecule has 4 heterocycles. The molecule has 0 atom stereocenters. The van der Waals surface area contributed by atoms with Gasteiger partial charge in [0.25, 0.3) is 5.91 Å². The summed E-state index contributed by atoms with van der Waals surface area (Å²) in [6, 6.07) is 9.25. The molecule has 1 aliphatic heterocycles. The number of pyridine rings is 1. The maximum atomic E-state index is 12.9. The van der Waals surface area contributed by atoms with Gasteiger partial charge in [-0.15, -0.1) is 5.10 Å². The summed E-state index contributed by atoms with van der Waals surface area (Å²) in [5, 5.41) is 15.5. The molecule has 10 nitrogen and oxygen atoms in total. The van der Waals surface area contributed by atoms with E-state index < -0.39 is 0 Å². The van der Waals surface area contributed by atoms with Crippen LogP contribution in [0.15, 0.2) is 53.4 Å². The molecule has 1 saturated heterocycles. The second kappa shape index (κ2) is 9.54. The normalized spacial score (nSPS) is 14.2. The highest BCUT2D eigenvalue weighted by Crippen LogP contribution is 2.26. The molecule has 1 aromatic carbocycles. The Hall–Kier alpha value is -4.05. The summed E-state index contributed by atoms with van der Waals surface area (Å²) in [5.74, 6) is 0.792. The zero-order chi connectivity index (χ0) is 25.3. The Balaban J connectivity index is 1.36. The number of nitrogens with zero attached hydrogens (tertiary/aromatic N) is 6. The maximum absolute atomic E-state index is 12.9. The average Bonchev–Trinajstić information content (AvgIpc) is 3.55. The minimum absolute atomic E-state index is 0.199. The van der Waals surface area contributed by atoms with Crippen molar-refractivity contribution in [3.63, 3.8) is 0 Å². The number of anilines is 2. The van der Waals surface area contributed by atoms with Crippen molar-refractivity contribution in [1.29, 1.82) is 0 Å². The van der Waals surface area contributed by atoms with Crippen molar-refractivity contribution in [2.24, 2.45) is 0 Å². The van der Waals surface area contributed by atoms with Gasteiger partial charge in [0.05, 0.1) is 37.0 Å². The van der Waals surface area contributed by atoms with Crippen molar-refractivity contribution in [2.75, 3.05) is 36.5 Å². The number of hydrogen-bond acceptors (Lipinski definition) is 8. The van der Waals surface area contributed by atoms with E-state index in [0.29, 0.717) is 36.0 Å². The van der Waals surface area contributed by atoms with E-state index in [-0.39, 0.29) is 11.3 Å². The molecule has 5 rings (SSSR count). The van der Waals surface area contributed by atoms with Crippen molar-refractivity contribution in [3.8, 4) is 16.9 Å². The summed E-state index contributed by atoms with van der Waals surface area (Å²) in [7, 11) is 0. The molecule has 0 radical (unpaired) electrons. The maximum Gasteiger partial charge on any atom is 0.256 e. The predicted octanol–water partition coefficient (Wildman–Crippen LogP) is 4.01. The fraction of sp³-hybridized carbons (Fsp3) is 0.346. The van der Waals surface area contributed by atoms with Gasteiger partial charge in [-0.1, -0.05) is 37.2 Å². The lowest BCUT2D eigenvalue weighted by Gasteiger charge is -2.28. The van der Waals surface area contributed by atoms with Gasteiger partial charge in [-0.2, -0.15) is 0 Å². The fourth-order valence-corrected chi connectivity index (χ4v) is 3.95. The van der Waals surface area contributed by atoms with E-state index in [1.54, 1.807) is 29.1 Å². The lowest BCUT2D eigenvalue weighted by molar-refractivity contribution is 0.102. The Labute approximate surface area is 209 Å². The minimum atomic E-state index is -0.284. The Morgan fingerprint density at radius 3 is 2.64 bits per heavy atom. The smallest absolute Gasteiger partial charge is 0.256 e. The zero-order valence-corrected chi connectivity index (χ0v) is 20.9. The molecule has 186 valence electrons. The molecule has 4 aromatic rings. The highest BCUT2D eigenvalue weighted by Gasteiger charge is 2.21. The number of benzene rings is 1. The minimum Gasteiger partial charge on any atom is -0.378 e. The number of rotatable bonds is 5. The molecule has 0 spiro atoms. The zero-order valence-electron chi connectivity index (χ0n) is 20.9. The third-order valence-electron chi connectivity index (χ3n) is 6.10. The molecule has 0 unspecified atom stereocenters. The van der Waals surface area contributed by atoms with Gasteiger partial charge >= 0.3 is 0 Å². The quantitative estimate of drug-likeness (QED) is 0.449. The van der Waals surface area contributed by atoms with Crippen LogP contribution >= 0.6 is 0 Å². The Kier molecular flexibility index (Phi) is 6.27. The van der Waals surface area contributed by atoms with Crippen LogP contribution in [0.1, 0.15) is 42.5 Å². The SMILES string of the molecule is Cc1ccc(C(=O)Nc2cc(C(C)(C)C)on2)cc1-n1cc(-c2cncc(N3CCOCC3)c2)nn1. The summed E-state index contributed by atoms with van der Waals surface area (Å²) >= 11 is 0. The number of ether oxygens (including phenoxy) is 1. The van der Waals surface area contributed by atoms with Gasteiger partial charge in [-0.3, -0.25) is 9.78 Å². The first-order valence-corrected chi connectivity index (χ1v) is 11.9. The van der Waals surface area contributed by atoms with E-state index in [2.05, 4.69) is 36.7 Å². The summed E-state index contributed by atoms with van der Waals surface area (Å²) in [6.07, 6.45) is 5.47. The lowest BCUT2D eigenvalue weighted by Crippen LogP contribution is -2.36. The Morgan fingerprint density at radius 2 is 1.89 bits per heavy atom. The van der Waals surface area contributed by atoms with Gasteiger partial charge in [-0.05, 0) is 30.7 Å². The first kappa shape index (κ1) is 23.7. The number of amides is 1. The molecule has 1 aliphatic rings. The second-order valence-corrected chi connectivity index (χ2v) is 9.86. The van der Waals surface area contributed by atoms with E-state index in [1.807, 2.05) is 46.2 Å². The van der Waals surface area contributed by atoms with Crippen LogP contribution in [0.4, 0.5) is 11.5 Å². The van der Waals surface area contributed by atoms with Crippen molar-refractivity contribution < 1.29 is 14.1 Å². The van der Waals surface area contributed by atoms with Gasteiger partial charge in [0.2, 0.25) is 0 Å². The van der Waals surface area contributed by atoms with Crippen molar-refractivity contribution in [3.05, 3.63) is 65.8 Å². The van der Waals surface area contributed by atoms with Crippen molar-refractivity contribution in [2.45, 2.75) is 33.1 Å². The molecule has 0 saturated carbocycles. The highest BCUT2D eigenvalue weighted by atomic mass is 16.5. The van der Waals surface area contributed by atoms with Crippen LogP contribution in [0.5, 0.6) is 0 Å². The third-order valence-corrected chi connectivity index (χ3v) is 6.10. The third kappa shape index (κ3) is 4.99. The number of hydrogen-bond donors (Lipinski definition) is 1. The summed E-state index contributed by atoms with van der Waals surface area (Å²) in [4.78, 5) is 19.6. The Bertz CT molecular complexity index is 1380. The second-order valence-electron chi connectivity index (χ2n) is 9.86. The van der Waals surface area contributed by atoms with Crippen LogP contribution < -0.4 is 10.2 Å². The van der Waals surface area contributed by atoms with Crippen molar-refractivity contribution in [1.82, 2.24) is 25.1 Å². The van der Waals surface area contributed by atoms with Crippen LogP contribution in [-0.4, -0.2) is 57.3 Å². The van der Waals surface area contributed by atoms with Crippen LogP contribution in [0, 0.1) is 6.92 Å². The topological polar surface area (TPSA) is 111 Å². The summed E-state index contributed by atoms with van der Waals surface area (Å²) in [6.45, 7) is 11.1. The van der Waals surface area contributed by atoms with E-state index in [9.17, 15) is 4.79 Å². The van der Waals surface area contributed by atoms with Gasteiger partial charge < -0.3 is 19.5 Å². The van der Waals surface area contributed by atoms with Crippen LogP contribution in [0.3, 0.4) is 0 Å². The van der Waals surface area contributed by atoms with Gasteiger partial charge in [-0.25, -0.2) is 4.68 Å². The molecule has 0 bridgehead atoms. The number of aryl methyl sites for hydroxylation is 1. The molecule has 1 fully saturated rings. The van der Waals surface area contributed by atoms with Crippen LogP contribution in [0.2, 0.25) is 0 Å². The standard InChI is InChI=1S/C26H29N7O3/c1-17-5-6-18(25(34)28-24-13-23(36-30-24)26(2,3)4)12-22(17)33-16-21(29-31-33)19-11-20(15-27-14-19)32-7-9-35-10-8-32/h5-6,11-16H,7-10H2,1-4H3,(H,28,30,34). The van der Waals surface area contributed by atoms with E-state index in [0.717, 1.165) is 35.6 Å². The fourth-order valence-electron chi connectivity index (χ4n) is 3.95. The van der Waals surface area contributed by atoms with Crippen molar-refractivity contribution >= 4 is 17.4 Å². The lowest BCUT2D eigenvalue weighted by atomic mass is 9.93. The molecular formula is C26H29N7O3. The molecule has 0 aliphatic carbocycles. The Morgan fingerprint density at radius 1 is 1.08 bits per heavy atom. The van der Waals surface area contributed by atoms with Gasteiger partial charge in [0.1, 0.15) is 11.5 Å². The van der Waals surface area contributed by atoms with Gasteiger partial charge in [0.15, 0.2) is 5.82 Å². The van der Waals surface area contributed by atoms with E-state index in [4.69, 9.17) is 9.26 Å². The molecule has 1 N–H and O–H groups in total. The first-order valence-electron chi connectivity index (χ1n) is 11.9. The molecule has 36 heavy (non-hydrogen) atoms. The number of nitrogens with one attached hydrogen (secondary N) is 1. The monoisotopic (exact) mass is 487 g/mol. The van der Waals surface area contributed by atoms with Crippen LogP contribution in [-0.2, 0) is 10.2 Å². The van der Waals surface area contributed by atoms with Gasteiger partial charge in [0, 0.05) is 41.9 Å². The average molecular weight is 488 g/mol. The largest absolute Gasteiger partial charge is 0.378 e. The highest BCUT2D eigenvalue weighted by molar-refractivity contribution is 6.04. The summed E-state index contributed by atoms with van der Waals surface area (Å²) in [5.41, 5.74) is 4.59. The molecular weight excluding hydrogens is 458 g/mol. The first-order chi connectivity index (χ1) is 17.3. The number of carbonyl (C=O) groups is 1.